The Morgan fingerprint density at radius 2 is 1.64 bits per heavy atom. The normalized spacial score (nSPS) is 6.64. The molecule has 2 nitrogen and oxygen atoms in total. The second-order valence-corrected chi connectivity index (χ2v) is 1.66. The first-order chi connectivity index (χ1) is 5.41. The molecule has 0 heterocycles. The number of nitrogens with two attached hydrogens (primary N) is 1. The largest absolute Gasteiger partial charge is 0.333 e. The number of carbonyl (C=O) groups is 1. The molecule has 11 heavy (non-hydrogen) atoms. The van der Waals surface area contributed by atoms with E-state index in [-0.39, 0.29) is 0 Å². The zero-order chi connectivity index (χ0) is 9.54. The van der Waals surface area contributed by atoms with Crippen molar-refractivity contribution in [1.82, 2.24) is 0 Å². The van der Waals surface area contributed by atoms with Crippen molar-refractivity contribution in [2.45, 2.75) is 46.5 Å². The molecule has 2 heteroatoms. The van der Waals surface area contributed by atoms with Crippen molar-refractivity contribution in [1.29, 1.82) is 0 Å². The van der Waals surface area contributed by atoms with Gasteiger partial charge in [-0.2, -0.15) is 0 Å². The third kappa shape index (κ3) is 42.5. The highest BCUT2D eigenvalue weighted by Gasteiger charge is 1.80. The molecule has 70 valence electrons. The Kier molecular flexibility index (Phi) is 51.5. The zero-order valence-corrected chi connectivity index (χ0v) is 8.39. The fourth-order valence-corrected chi connectivity index (χ4v) is 0.478. The van der Waals surface area contributed by atoms with Crippen LogP contribution in [0.2, 0.25) is 0 Å². The predicted octanol–water partition coefficient (Wildman–Crippen LogP) is 2.37. The van der Waals surface area contributed by atoms with E-state index in [9.17, 15) is 4.79 Å². The van der Waals surface area contributed by atoms with Gasteiger partial charge in [0, 0.05) is 6.42 Å². The summed E-state index contributed by atoms with van der Waals surface area (Å²) in [5.41, 5.74) is 4.50. The van der Waals surface area contributed by atoms with Crippen molar-refractivity contribution in [2.75, 3.05) is 7.05 Å². The van der Waals surface area contributed by atoms with E-state index >= 15 is 0 Å². The van der Waals surface area contributed by atoms with E-state index < -0.39 is 0 Å². The Balaban J connectivity index is -0.000000138. The molecule has 0 atom stereocenters. The molecule has 0 aromatic heterocycles. The first kappa shape index (κ1) is 16.9. The molecule has 0 fully saturated rings. The van der Waals surface area contributed by atoms with Gasteiger partial charge in [-0.05, 0) is 13.5 Å². The molecular formula is C9H23NO. The number of unbranched alkanes of at least 4 members (excludes halogenated alkanes) is 3. The molecule has 0 aliphatic carbocycles. The Hall–Kier alpha value is -0.370. The van der Waals surface area contributed by atoms with Crippen molar-refractivity contribution in [3.63, 3.8) is 0 Å². The van der Waals surface area contributed by atoms with Gasteiger partial charge in [0.25, 0.3) is 0 Å². The van der Waals surface area contributed by atoms with Gasteiger partial charge >= 0.3 is 0 Å². The summed E-state index contributed by atoms with van der Waals surface area (Å²) in [5.74, 6) is 0. The molecule has 0 aliphatic heterocycles. The second-order valence-electron chi connectivity index (χ2n) is 1.66. The molecular weight excluding hydrogens is 138 g/mol. The van der Waals surface area contributed by atoms with Gasteiger partial charge in [-0.1, -0.05) is 33.6 Å². The maximum atomic E-state index is 9.68. The van der Waals surface area contributed by atoms with Crippen LogP contribution in [0.15, 0.2) is 0 Å². The fourth-order valence-electron chi connectivity index (χ4n) is 0.478. The van der Waals surface area contributed by atoms with Gasteiger partial charge in [0.1, 0.15) is 6.29 Å². The van der Waals surface area contributed by atoms with E-state index in [1.807, 2.05) is 13.8 Å². The van der Waals surface area contributed by atoms with Crippen LogP contribution in [0.4, 0.5) is 0 Å². The van der Waals surface area contributed by atoms with Gasteiger partial charge in [0.05, 0.1) is 0 Å². The highest BCUT2D eigenvalue weighted by atomic mass is 16.1. The lowest BCUT2D eigenvalue weighted by Gasteiger charge is -1.85. The summed E-state index contributed by atoms with van der Waals surface area (Å²) in [6.07, 6.45) is 5.19. The third-order valence-corrected chi connectivity index (χ3v) is 0.926. The number of hydrogen-bond acceptors (Lipinski definition) is 2. The van der Waals surface area contributed by atoms with Crippen LogP contribution in [0.25, 0.3) is 0 Å². The van der Waals surface area contributed by atoms with E-state index in [1.165, 1.54) is 19.9 Å². The molecule has 0 rings (SSSR count). The quantitative estimate of drug-likeness (QED) is 0.508. The molecule has 2 N–H and O–H groups in total. The van der Waals surface area contributed by atoms with Gasteiger partial charge in [-0.15, -0.1) is 0 Å². The lowest BCUT2D eigenvalue weighted by molar-refractivity contribution is -0.107. The smallest absolute Gasteiger partial charge is 0.119 e. The molecule has 0 aliphatic rings. The summed E-state index contributed by atoms with van der Waals surface area (Å²) < 4.78 is 0. The van der Waals surface area contributed by atoms with E-state index in [0.717, 1.165) is 19.1 Å². The van der Waals surface area contributed by atoms with Crippen LogP contribution in [0, 0.1) is 0 Å². The Labute approximate surface area is 71.2 Å². The SMILES string of the molecule is CC.CCCCCC=O.CN. The number of hydrogen-bond donors (Lipinski definition) is 1. The Bertz CT molecular complexity index is 46.8. The van der Waals surface area contributed by atoms with E-state index in [1.54, 1.807) is 0 Å². The van der Waals surface area contributed by atoms with Crippen molar-refractivity contribution >= 4 is 6.29 Å². The number of aldehydes is 1. The van der Waals surface area contributed by atoms with Crippen molar-refractivity contribution in [3.8, 4) is 0 Å². The summed E-state index contributed by atoms with van der Waals surface area (Å²) in [6, 6.07) is 0. The van der Waals surface area contributed by atoms with Gasteiger partial charge in [0.15, 0.2) is 0 Å². The molecule has 0 unspecified atom stereocenters. The van der Waals surface area contributed by atoms with Crippen LogP contribution in [0.5, 0.6) is 0 Å². The average Bonchev–Trinajstić information content (AvgIpc) is 2.13. The predicted molar refractivity (Wildman–Crippen MR) is 51.7 cm³/mol. The van der Waals surface area contributed by atoms with E-state index in [2.05, 4.69) is 12.7 Å². The van der Waals surface area contributed by atoms with E-state index in [4.69, 9.17) is 0 Å². The van der Waals surface area contributed by atoms with Gasteiger partial charge in [-0.25, -0.2) is 0 Å². The monoisotopic (exact) mass is 161 g/mol. The molecule has 0 saturated carbocycles. The number of carbonyl (C=O) groups excluding carboxylic acids is 1. The average molecular weight is 161 g/mol. The third-order valence-electron chi connectivity index (χ3n) is 0.926. The molecule has 0 amide bonds. The van der Waals surface area contributed by atoms with Crippen molar-refractivity contribution < 1.29 is 4.79 Å². The molecule has 0 radical (unpaired) electrons. The topological polar surface area (TPSA) is 43.1 Å². The lowest BCUT2D eigenvalue weighted by Crippen LogP contribution is -1.73. The molecule has 0 aromatic carbocycles. The van der Waals surface area contributed by atoms with Gasteiger partial charge in [-0.3, -0.25) is 0 Å². The summed E-state index contributed by atoms with van der Waals surface area (Å²) >= 11 is 0. The highest BCUT2D eigenvalue weighted by molar-refractivity contribution is 5.48. The second kappa shape index (κ2) is 33.5. The molecule has 0 aromatic rings. The maximum absolute atomic E-state index is 9.68. The Morgan fingerprint density at radius 3 is 1.91 bits per heavy atom. The fraction of sp³-hybridized carbons (Fsp3) is 0.889. The minimum Gasteiger partial charge on any atom is -0.333 e. The standard InChI is InChI=1S/C6H12O.C2H6.CH5N/c1-2-3-4-5-6-7;2*1-2/h6H,2-5H2,1H3;1-2H3;2H2,1H3. The summed E-state index contributed by atoms with van der Waals surface area (Å²) in [7, 11) is 1.50. The number of rotatable bonds is 4. The summed E-state index contributed by atoms with van der Waals surface area (Å²) in [5, 5.41) is 0. The van der Waals surface area contributed by atoms with Gasteiger partial charge in [0.2, 0.25) is 0 Å². The first-order valence-electron chi connectivity index (χ1n) is 4.43. The van der Waals surface area contributed by atoms with E-state index in [0.29, 0.717) is 0 Å². The molecule has 0 saturated heterocycles. The van der Waals surface area contributed by atoms with Crippen LogP contribution in [-0.4, -0.2) is 13.3 Å². The Morgan fingerprint density at radius 1 is 1.18 bits per heavy atom. The summed E-state index contributed by atoms with van der Waals surface area (Å²) in [4.78, 5) is 9.68. The molecule has 0 bridgehead atoms. The van der Waals surface area contributed by atoms with Crippen LogP contribution in [0.3, 0.4) is 0 Å². The minimum absolute atomic E-state index is 0.744. The van der Waals surface area contributed by atoms with Gasteiger partial charge < -0.3 is 10.5 Å². The van der Waals surface area contributed by atoms with Crippen molar-refractivity contribution in [2.24, 2.45) is 5.73 Å². The highest BCUT2D eigenvalue weighted by Crippen LogP contribution is 1.94. The van der Waals surface area contributed by atoms with Crippen LogP contribution >= 0.6 is 0 Å². The lowest BCUT2D eigenvalue weighted by atomic mass is 10.2. The zero-order valence-electron chi connectivity index (χ0n) is 8.39. The molecule has 0 spiro atoms. The van der Waals surface area contributed by atoms with Crippen molar-refractivity contribution in [3.05, 3.63) is 0 Å². The van der Waals surface area contributed by atoms with Crippen LogP contribution in [-0.2, 0) is 4.79 Å². The maximum Gasteiger partial charge on any atom is 0.119 e. The summed E-state index contributed by atoms with van der Waals surface area (Å²) in [6.45, 7) is 6.13. The first-order valence-corrected chi connectivity index (χ1v) is 4.43. The van der Waals surface area contributed by atoms with Crippen LogP contribution in [0.1, 0.15) is 46.5 Å². The van der Waals surface area contributed by atoms with Crippen LogP contribution < -0.4 is 5.73 Å². The minimum atomic E-state index is 0.744.